The van der Waals surface area contributed by atoms with E-state index in [1.807, 2.05) is 4.90 Å². The zero-order chi connectivity index (χ0) is 19.8. The third-order valence-electron chi connectivity index (χ3n) is 5.23. The Labute approximate surface area is 154 Å². The number of nitrogens with zero attached hydrogens (tertiary/aromatic N) is 2. The number of alkyl halides is 3. The van der Waals surface area contributed by atoms with Gasteiger partial charge in [-0.3, -0.25) is 9.69 Å². The first-order valence-corrected chi connectivity index (χ1v) is 8.88. The molecule has 3 N–H and O–H groups in total. The molecule has 3 rings (SSSR count). The van der Waals surface area contributed by atoms with Crippen LogP contribution in [-0.4, -0.2) is 82.1 Å². The first-order chi connectivity index (χ1) is 12.6. The predicted molar refractivity (Wildman–Crippen MR) is 89.9 cm³/mol. The first-order valence-electron chi connectivity index (χ1n) is 8.88. The summed E-state index contributed by atoms with van der Waals surface area (Å²) >= 11 is 0. The van der Waals surface area contributed by atoms with Gasteiger partial charge in [0.15, 0.2) is 0 Å². The van der Waals surface area contributed by atoms with Crippen LogP contribution in [0.1, 0.15) is 22.3 Å². The molecule has 2 heterocycles. The van der Waals surface area contributed by atoms with Gasteiger partial charge in [0, 0.05) is 38.3 Å². The van der Waals surface area contributed by atoms with Crippen LogP contribution in [0.2, 0.25) is 0 Å². The number of carbonyl (C=O) groups excluding carboxylic acids is 1. The maximum atomic E-state index is 12.6. The zero-order valence-electron chi connectivity index (χ0n) is 14.6. The van der Waals surface area contributed by atoms with E-state index in [4.69, 9.17) is 0 Å². The molecule has 3 atom stereocenters. The summed E-state index contributed by atoms with van der Waals surface area (Å²) < 4.78 is 37.9. The molecule has 2 fully saturated rings. The Morgan fingerprint density at radius 2 is 1.63 bits per heavy atom. The maximum Gasteiger partial charge on any atom is 0.416 e. The second-order valence-corrected chi connectivity index (χ2v) is 7.32. The highest BCUT2D eigenvalue weighted by Crippen LogP contribution is 2.29. The average molecular weight is 388 g/mol. The van der Waals surface area contributed by atoms with Gasteiger partial charge in [-0.25, -0.2) is 0 Å². The molecule has 0 aliphatic carbocycles. The van der Waals surface area contributed by atoms with Gasteiger partial charge in [-0.2, -0.15) is 13.2 Å². The average Bonchev–Trinajstić information content (AvgIpc) is 3.06. The zero-order valence-corrected chi connectivity index (χ0v) is 14.6. The van der Waals surface area contributed by atoms with Gasteiger partial charge in [-0.15, -0.1) is 0 Å². The van der Waals surface area contributed by atoms with Crippen molar-refractivity contribution in [3.63, 3.8) is 0 Å². The molecule has 2 aliphatic rings. The fourth-order valence-corrected chi connectivity index (χ4v) is 3.74. The minimum atomic E-state index is -4.43. The summed E-state index contributed by atoms with van der Waals surface area (Å²) in [7, 11) is 0. The Morgan fingerprint density at radius 3 is 2.19 bits per heavy atom. The summed E-state index contributed by atoms with van der Waals surface area (Å²) in [5.74, 6) is -0.168. The second kappa shape index (κ2) is 7.75. The van der Waals surface area contributed by atoms with Gasteiger partial charge >= 0.3 is 6.18 Å². The van der Waals surface area contributed by atoms with Crippen LogP contribution in [0.25, 0.3) is 0 Å². The molecule has 0 radical (unpaired) electrons. The molecule has 1 amide bonds. The Bertz CT molecular complexity index is 656. The smallest absolute Gasteiger partial charge is 0.389 e. The highest BCUT2D eigenvalue weighted by atomic mass is 19.4. The second-order valence-electron chi connectivity index (χ2n) is 7.32. The normalized spacial score (nSPS) is 27.9. The van der Waals surface area contributed by atoms with Gasteiger partial charge in [0.05, 0.1) is 17.8 Å². The highest BCUT2D eigenvalue weighted by Gasteiger charge is 2.36. The molecular formula is C18H23F3N2O4. The molecular weight excluding hydrogens is 365 g/mol. The van der Waals surface area contributed by atoms with E-state index in [1.165, 1.54) is 12.1 Å². The lowest BCUT2D eigenvalue weighted by atomic mass is 10.00. The minimum Gasteiger partial charge on any atom is -0.389 e. The topological polar surface area (TPSA) is 84.2 Å². The summed E-state index contributed by atoms with van der Waals surface area (Å²) in [5.41, 5.74) is -0.571. The van der Waals surface area contributed by atoms with Crippen molar-refractivity contribution in [2.24, 2.45) is 5.92 Å². The SMILES string of the molecule is O=C(c1ccc(C(F)(F)F)cc1)N1CC[C@H](CN2C[C@@H](O)C(O)[C@H](O)C2)C1. The lowest BCUT2D eigenvalue weighted by Gasteiger charge is -2.37. The fourth-order valence-electron chi connectivity index (χ4n) is 3.74. The van der Waals surface area contributed by atoms with Crippen LogP contribution in [-0.2, 0) is 6.18 Å². The number of aliphatic hydroxyl groups is 3. The Kier molecular flexibility index (Phi) is 5.76. The van der Waals surface area contributed by atoms with E-state index < -0.39 is 30.1 Å². The largest absolute Gasteiger partial charge is 0.416 e. The van der Waals surface area contributed by atoms with Gasteiger partial charge in [0.1, 0.15) is 6.10 Å². The predicted octanol–water partition coefficient (Wildman–Crippen LogP) is 0.566. The molecule has 0 unspecified atom stereocenters. The van der Waals surface area contributed by atoms with Crippen molar-refractivity contribution in [3.8, 4) is 0 Å². The summed E-state index contributed by atoms with van der Waals surface area (Å²) in [6.45, 7) is 2.04. The van der Waals surface area contributed by atoms with E-state index in [0.29, 0.717) is 19.6 Å². The first kappa shape index (κ1) is 20.1. The van der Waals surface area contributed by atoms with Crippen LogP contribution in [0.5, 0.6) is 0 Å². The molecule has 150 valence electrons. The van der Waals surface area contributed by atoms with E-state index in [1.54, 1.807) is 4.90 Å². The van der Waals surface area contributed by atoms with E-state index in [9.17, 15) is 33.3 Å². The van der Waals surface area contributed by atoms with Crippen LogP contribution in [0.4, 0.5) is 13.2 Å². The molecule has 0 spiro atoms. The van der Waals surface area contributed by atoms with Crippen LogP contribution >= 0.6 is 0 Å². The van der Waals surface area contributed by atoms with Gasteiger partial charge in [-0.1, -0.05) is 0 Å². The molecule has 0 bridgehead atoms. The Balaban J connectivity index is 1.55. The van der Waals surface area contributed by atoms with Crippen molar-refractivity contribution in [2.45, 2.75) is 30.9 Å². The molecule has 9 heteroatoms. The number of hydrogen-bond acceptors (Lipinski definition) is 5. The van der Waals surface area contributed by atoms with E-state index >= 15 is 0 Å². The highest BCUT2D eigenvalue weighted by molar-refractivity contribution is 5.94. The number of amides is 1. The number of benzene rings is 1. The van der Waals surface area contributed by atoms with Crippen LogP contribution in [0, 0.1) is 5.92 Å². The Hall–Kier alpha value is -1.68. The quantitative estimate of drug-likeness (QED) is 0.705. The third kappa shape index (κ3) is 4.60. The molecule has 2 aliphatic heterocycles. The Morgan fingerprint density at radius 1 is 1.04 bits per heavy atom. The fraction of sp³-hybridized carbons (Fsp3) is 0.611. The molecule has 6 nitrogen and oxygen atoms in total. The van der Waals surface area contributed by atoms with Crippen molar-refractivity contribution < 1.29 is 33.3 Å². The van der Waals surface area contributed by atoms with Gasteiger partial charge in [-0.05, 0) is 36.6 Å². The van der Waals surface area contributed by atoms with E-state index in [0.717, 1.165) is 18.6 Å². The number of hydrogen-bond donors (Lipinski definition) is 3. The van der Waals surface area contributed by atoms with Crippen molar-refractivity contribution in [1.82, 2.24) is 9.80 Å². The van der Waals surface area contributed by atoms with Gasteiger partial charge < -0.3 is 20.2 Å². The van der Waals surface area contributed by atoms with Crippen molar-refractivity contribution in [3.05, 3.63) is 35.4 Å². The van der Waals surface area contributed by atoms with Crippen molar-refractivity contribution in [2.75, 3.05) is 32.7 Å². The molecule has 2 saturated heterocycles. The van der Waals surface area contributed by atoms with Crippen molar-refractivity contribution in [1.29, 1.82) is 0 Å². The summed E-state index contributed by atoms with van der Waals surface area (Å²) in [6, 6.07) is 4.19. The lowest BCUT2D eigenvalue weighted by molar-refractivity contribution is -0.137. The van der Waals surface area contributed by atoms with Gasteiger partial charge in [0.25, 0.3) is 5.91 Å². The molecule has 1 aromatic rings. The minimum absolute atomic E-state index is 0.137. The molecule has 0 aromatic heterocycles. The number of rotatable bonds is 3. The number of aliphatic hydroxyl groups excluding tert-OH is 3. The lowest BCUT2D eigenvalue weighted by Crippen LogP contribution is -2.56. The number of likely N-dealkylation sites (tertiary alicyclic amines) is 2. The molecule has 1 aromatic carbocycles. The number of carbonyl (C=O) groups is 1. The van der Waals surface area contributed by atoms with Crippen LogP contribution in [0.3, 0.4) is 0 Å². The maximum absolute atomic E-state index is 12.6. The number of halogens is 3. The number of piperidine rings is 1. The van der Waals surface area contributed by atoms with Crippen molar-refractivity contribution >= 4 is 5.91 Å². The van der Waals surface area contributed by atoms with Crippen LogP contribution in [0.15, 0.2) is 24.3 Å². The monoisotopic (exact) mass is 388 g/mol. The summed E-state index contributed by atoms with van der Waals surface area (Å²) in [5, 5.41) is 29.1. The molecule has 27 heavy (non-hydrogen) atoms. The standard InChI is InChI=1S/C18H23F3N2O4/c19-18(20,21)13-3-1-12(2-4-13)17(27)23-6-5-11(8-23)7-22-9-14(24)16(26)15(25)10-22/h1-4,11,14-16,24-26H,5-10H2/t11-,14-,15-/m1/s1. The number of β-amino-alcohol motifs (C(OH)–C–C–N with tert-alkyl or cyclic N) is 2. The third-order valence-corrected chi connectivity index (χ3v) is 5.23. The summed E-state index contributed by atoms with van der Waals surface area (Å²) in [6.07, 6.45) is -6.88. The van der Waals surface area contributed by atoms with E-state index in [-0.39, 0.29) is 30.5 Å². The summed E-state index contributed by atoms with van der Waals surface area (Å²) in [4.78, 5) is 16.0. The molecule has 0 saturated carbocycles. The van der Waals surface area contributed by atoms with E-state index in [2.05, 4.69) is 0 Å². The van der Waals surface area contributed by atoms with Crippen LogP contribution < -0.4 is 0 Å². The van der Waals surface area contributed by atoms with Gasteiger partial charge in [0.2, 0.25) is 0 Å².